The number of esters is 2. The van der Waals surface area contributed by atoms with E-state index in [-0.39, 0.29) is 28.9 Å². The molecule has 0 spiro atoms. The Morgan fingerprint density at radius 2 is 1.94 bits per heavy atom. The van der Waals surface area contributed by atoms with Gasteiger partial charge in [-0.25, -0.2) is 0 Å². The number of methoxy groups -OCH3 is 1. The van der Waals surface area contributed by atoms with Crippen molar-refractivity contribution in [2.45, 2.75) is 97.7 Å². The molecule has 180 valence electrons. The van der Waals surface area contributed by atoms with Crippen molar-refractivity contribution >= 4 is 11.9 Å². The lowest BCUT2D eigenvalue weighted by molar-refractivity contribution is -0.151. The fraction of sp³-hybridized carbons (Fsp3) is 0.852. The Balaban J connectivity index is 1.55. The highest BCUT2D eigenvalue weighted by molar-refractivity contribution is 5.69. The van der Waals surface area contributed by atoms with Crippen LogP contribution in [0.1, 0.15) is 85.5 Å². The van der Waals surface area contributed by atoms with Gasteiger partial charge in [0.05, 0.1) is 13.2 Å². The number of aliphatic hydroxyl groups excluding tert-OH is 1. The van der Waals surface area contributed by atoms with Gasteiger partial charge in [-0.3, -0.25) is 9.59 Å². The zero-order chi connectivity index (χ0) is 23.3. The summed E-state index contributed by atoms with van der Waals surface area (Å²) in [7, 11) is 1.45. The average molecular weight is 447 g/mol. The van der Waals surface area contributed by atoms with E-state index in [0.717, 1.165) is 32.1 Å². The van der Waals surface area contributed by atoms with Crippen LogP contribution in [0.25, 0.3) is 0 Å². The number of hydrogen-bond acceptors (Lipinski definition) is 5. The van der Waals surface area contributed by atoms with Crippen LogP contribution in [0.2, 0.25) is 0 Å². The summed E-state index contributed by atoms with van der Waals surface area (Å²) in [5.41, 5.74) is 1.48. The molecule has 0 aromatic carbocycles. The Morgan fingerprint density at radius 3 is 2.62 bits per heavy atom. The van der Waals surface area contributed by atoms with Crippen molar-refractivity contribution < 1.29 is 24.2 Å². The van der Waals surface area contributed by atoms with Gasteiger partial charge in [-0.15, -0.1) is 0 Å². The van der Waals surface area contributed by atoms with E-state index in [1.54, 1.807) is 0 Å². The molecule has 0 aliphatic heterocycles. The van der Waals surface area contributed by atoms with Gasteiger partial charge in [0.2, 0.25) is 0 Å². The van der Waals surface area contributed by atoms with Gasteiger partial charge in [0.25, 0.3) is 0 Å². The van der Waals surface area contributed by atoms with Crippen molar-refractivity contribution in [3.8, 4) is 0 Å². The Kier molecular flexibility index (Phi) is 6.52. The number of carbonyl (C=O) groups excluding carboxylic acids is 2. The molecule has 1 N–H and O–H groups in total. The normalized spacial score (nSPS) is 43.9. The maximum Gasteiger partial charge on any atom is 0.305 e. The van der Waals surface area contributed by atoms with E-state index < -0.39 is 6.10 Å². The number of allylic oxidation sites excluding steroid dienone is 1. The molecule has 4 aliphatic carbocycles. The monoisotopic (exact) mass is 446 g/mol. The molecular weight excluding hydrogens is 404 g/mol. The summed E-state index contributed by atoms with van der Waals surface area (Å²) in [6.45, 7) is 8.48. The van der Waals surface area contributed by atoms with Crippen LogP contribution >= 0.6 is 0 Å². The Hall–Kier alpha value is -1.36. The maximum atomic E-state index is 11.7. The smallest absolute Gasteiger partial charge is 0.305 e. The molecule has 4 aliphatic rings. The van der Waals surface area contributed by atoms with Crippen LogP contribution in [0.4, 0.5) is 0 Å². The number of hydrogen-bond donors (Lipinski definition) is 1. The van der Waals surface area contributed by atoms with Crippen LogP contribution in [0.15, 0.2) is 11.6 Å². The summed E-state index contributed by atoms with van der Waals surface area (Å²) in [5, 5.41) is 11.6. The Labute approximate surface area is 193 Å². The number of aliphatic hydroxyl groups is 1. The van der Waals surface area contributed by atoms with E-state index in [0.29, 0.717) is 36.0 Å². The molecule has 5 heteroatoms. The standard InChI is InChI=1S/C27H42O5/c1-16(6-11-25(30)31-5)21-9-10-22-20-8-7-18-14-19(32-17(2)28)12-13-26(18,3)23(20)15-24(29)27(21,22)4/h15-16,18-22,24,29H,6-14H2,1-5H3/t16-,18-,19-,20?,21?,22?,24+,26+,27-/m1/s1. The number of fused-ring (bicyclic) bond motifs is 5. The summed E-state index contributed by atoms with van der Waals surface area (Å²) >= 11 is 0. The molecule has 5 nitrogen and oxygen atoms in total. The van der Waals surface area contributed by atoms with E-state index >= 15 is 0 Å². The lowest BCUT2D eigenvalue weighted by atomic mass is 9.47. The number of carbonyl (C=O) groups is 2. The first-order valence-corrected chi connectivity index (χ1v) is 12.8. The molecule has 0 amide bonds. The fourth-order valence-corrected chi connectivity index (χ4v) is 8.44. The van der Waals surface area contributed by atoms with Crippen LogP contribution in [0, 0.1) is 40.4 Å². The first kappa shape index (κ1) is 23.8. The summed E-state index contributed by atoms with van der Waals surface area (Å²) in [6, 6.07) is 0. The van der Waals surface area contributed by atoms with E-state index in [2.05, 4.69) is 26.8 Å². The third-order valence-electron chi connectivity index (χ3n) is 10.2. The molecule has 0 bridgehead atoms. The van der Waals surface area contributed by atoms with Crippen molar-refractivity contribution in [2.75, 3.05) is 7.11 Å². The van der Waals surface area contributed by atoms with Crippen LogP contribution in [0.3, 0.4) is 0 Å². The summed E-state index contributed by atoms with van der Waals surface area (Å²) in [6.07, 6.45) is 10.7. The maximum absolute atomic E-state index is 11.7. The second-order valence-electron chi connectivity index (χ2n) is 11.6. The minimum absolute atomic E-state index is 0.0491. The minimum atomic E-state index is -0.436. The van der Waals surface area contributed by atoms with Crippen LogP contribution in [-0.4, -0.2) is 36.4 Å². The van der Waals surface area contributed by atoms with Gasteiger partial charge in [-0.1, -0.05) is 32.4 Å². The molecule has 3 saturated carbocycles. The van der Waals surface area contributed by atoms with Gasteiger partial charge in [0, 0.05) is 18.8 Å². The van der Waals surface area contributed by atoms with Crippen molar-refractivity contribution in [3.63, 3.8) is 0 Å². The summed E-state index contributed by atoms with van der Waals surface area (Å²) in [4.78, 5) is 23.2. The van der Waals surface area contributed by atoms with E-state index in [1.165, 1.54) is 38.9 Å². The van der Waals surface area contributed by atoms with Crippen LogP contribution in [0.5, 0.6) is 0 Å². The third-order valence-corrected chi connectivity index (χ3v) is 10.2. The van der Waals surface area contributed by atoms with Gasteiger partial charge in [-0.05, 0) is 86.4 Å². The van der Waals surface area contributed by atoms with Gasteiger partial charge in [0.15, 0.2) is 0 Å². The van der Waals surface area contributed by atoms with Crippen molar-refractivity contribution in [1.29, 1.82) is 0 Å². The third kappa shape index (κ3) is 3.82. The number of rotatable bonds is 5. The largest absolute Gasteiger partial charge is 0.469 e. The first-order valence-electron chi connectivity index (χ1n) is 12.8. The lowest BCUT2D eigenvalue weighted by Gasteiger charge is -2.58. The minimum Gasteiger partial charge on any atom is -0.469 e. The Morgan fingerprint density at radius 1 is 1.19 bits per heavy atom. The molecule has 0 heterocycles. The average Bonchev–Trinajstić information content (AvgIpc) is 3.11. The zero-order valence-electron chi connectivity index (χ0n) is 20.6. The highest BCUT2D eigenvalue weighted by Gasteiger charge is 2.60. The molecule has 3 unspecified atom stereocenters. The fourth-order valence-electron chi connectivity index (χ4n) is 8.44. The topological polar surface area (TPSA) is 72.8 Å². The lowest BCUT2D eigenvalue weighted by Crippen LogP contribution is -2.53. The van der Waals surface area contributed by atoms with Crippen molar-refractivity contribution in [3.05, 3.63) is 11.6 Å². The predicted molar refractivity (Wildman–Crippen MR) is 123 cm³/mol. The van der Waals surface area contributed by atoms with Crippen LogP contribution < -0.4 is 0 Å². The highest BCUT2D eigenvalue weighted by atomic mass is 16.5. The molecular formula is C27H42O5. The quantitative estimate of drug-likeness (QED) is 0.472. The molecule has 4 rings (SSSR count). The molecule has 0 aromatic rings. The molecule has 32 heavy (non-hydrogen) atoms. The first-order chi connectivity index (χ1) is 15.1. The molecule has 0 radical (unpaired) electrons. The molecule has 0 aromatic heterocycles. The zero-order valence-corrected chi connectivity index (χ0v) is 20.6. The van der Waals surface area contributed by atoms with Gasteiger partial charge >= 0.3 is 11.9 Å². The summed E-state index contributed by atoms with van der Waals surface area (Å²) in [5.74, 6) is 2.08. The molecule has 3 fully saturated rings. The van der Waals surface area contributed by atoms with Crippen LogP contribution in [-0.2, 0) is 19.1 Å². The van der Waals surface area contributed by atoms with E-state index in [9.17, 15) is 14.7 Å². The van der Waals surface area contributed by atoms with Gasteiger partial charge in [0.1, 0.15) is 6.10 Å². The Bertz CT molecular complexity index is 774. The van der Waals surface area contributed by atoms with E-state index in [1.807, 2.05) is 0 Å². The molecule has 9 atom stereocenters. The van der Waals surface area contributed by atoms with Gasteiger partial charge < -0.3 is 14.6 Å². The SMILES string of the molecule is COC(=O)CC[C@@H](C)C1CCC2C3CC[C@@H]4C[C@H](OC(C)=O)CC[C@]4(C)C3=C[C@H](O)[C@@]21C. The highest BCUT2D eigenvalue weighted by Crippen LogP contribution is 2.66. The van der Waals surface area contributed by atoms with Gasteiger partial charge in [-0.2, -0.15) is 0 Å². The molecule has 0 saturated heterocycles. The number of ether oxygens (including phenoxy) is 2. The van der Waals surface area contributed by atoms with Crippen molar-refractivity contribution in [1.82, 2.24) is 0 Å². The second-order valence-corrected chi connectivity index (χ2v) is 11.6. The second kappa shape index (κ2) is 8.77. The summed E-state index contributed by atoms with van der Waals surface area (Å²) < 4.78 is 10.4. The van der Waals surface area contributed by atoms with Crippen molar-refractivity contribution in [2.24, 2.45) is 40.4 Å². The van der Waals surface area contributed by atoms with E-state index in [4.69, 9.17) is 9.47 Å². The predicted octanol–water partition coefficient (Wildman–Crippen LogP) is 5.06.